The molecule has 1 aromatic heterocycles. The summed E-state index contributed by atoms with van der Waals surface area (Å²) in [5.41, 5.74) is 0.759. The molecule has 0 saturated carbocycles. The van der Waals surface area contributed by atoms with Gasteiger partial charge in [-0.3, -0.25) is 9.69 Å². The van der Waals surface area contributed by atoms with Crippen molar-refractivity contribution >= 4 is 11.9 Å². The molecule has 1 aromatic rings. The molecule has 0 spiro atoms. The maximum atomic E-state index is 11.4. The Kier molecular flexibility index (Phi) is 6.24. The molecular weight excluding hydrogens is 262 g/mol. The van der Waals surface area contributed by atoms with Crippen molar-refractivity contribution in [2.45, 2.75) is 26.3 Å². The van der Waals surface area contributed by atoms with Gasteiger partial charge in [0, 0.05) is 12.0 Å². The van der Waals surface area contributed by atoms with Gasteiger partial charge in [-0.25, -0.2) is 4.79 Å². The first-order valence-corrected chi connectivity index (χ1v) is 6.41. The highest BCUT2D eigenvalue weighted by Gasteiger charge is 2.16. The SMILES string of the molecule is COC(=O)CCCN(C)Cc1cc(C)c(C(=O)OC)o1. The lowest BCUT2D eigenvalue weighted by molar-refractivity contribution is -0.140. The molecular formula is C14H21NO5. The number of ether oxygens (including phenoxy) is 2. The molecule has 0 aliphatic rings. The maximum Gasteiger partial charge on any atom is 0.374 e. The Labute approximate surface area is 118 Å². The van der Waals surface area contributed by atoms with E-state index in [9.17, 15) is 9.59 Å². The molecule has 0 aromatic carbocycles. The third kappa shape index (κ3) is 4.70. The number of rotatable bonds is 7. The van der Waals surface area contributed by atoms with Gasteiger partial charge in [0.25, 0.3) is 0 Å². The molecule has 0 saturated heterocycles. The van der Waals surface area contributed by atoms with Crippen LogP contribution in [-0.2, 0) is 20.8 Å². The quantitative estimate of drug-likeness (QED) is 0.710. The van der Waals surface area contributed by atoms with Gasteiger partial charge in [-0.2, -0.15) is 0 Å². The predicted molar refractivity (Wildman–Crippen MR) is 72.4 cm³/mol. The van der Waals surface area contributed by atoms with Gasteiger partial charge in [-0.05, 0) is 33.0 Å². The van der Waals surface area contributed by atoms with Crippen LogP contribution in [-0.4, -0.2) is 44.7 Å². The second-order valence-corrected chi connectivity index (χ2v) is 4.63. The van der Waals surface area contributed by atoms with Crippen LogP contribution in [0.3, 0.4) is 0 Å². The van der Waals surface area contributed by atoms with E-state index in [4.69, 9.17) is 4.42 Å². The van der Waals surface area contributed by atoms with Crippen LogP contribution < -0.4 is 0 Å². The van der Waals surface area contributed by atoms with Crippen molar-refractivity contribution in [1.29, 1.82) is 0 Å². The van der Waals surface area contributed by atoms with Crippen LogP contribution in [0.15, 0.2) is 10.5 Å². The highest BCUT2D eigenvalue weighted by Crippen LogP contribution is 2.17. The van der Waals surface area contributed by atoms with Crippen molar-refractivity contribution in [3.05, 3.63) is 23.2 Å². The smallest absolute Gasteiger partial charge is 0.374 e. The van der Waals surface area contributed by atoms with Crippen LogP contribution in [0.2, 0.25) is 0 Å². The van der Waals surface area contributed by atoms with E-state index in [1.165, 1.54) is 14.2 Å². The van der Waals surface area contributed by atoms with Gasteiger partial charge in [0.05, 0.1) is 20.8 Å². The first-order valence-electron chi connectivity index (χ1n) is 6.41. The van der Waals surface area contributed by atoms with Crippen LogP contribution in [0.1, 0.15) is 34.7 Å². The average molecular weight is 283 g/mol. The number of carbonyl (C=O) groups excluding carboxylic acids is 2. The standard InChI is InChI=1S/C14H21NO5/c1-10-8-11(20-13(10)14(17)19-4)9-15(2)7-5-6-12(16)18-3/h8H,5-7,9H2,1-4H3. The van der Waals surface area contributed by atoms with Crippen molar-refractivity contribution in [3.8, 4) is 0 Å². The number of nitrogens with zero attached hydrogens (tertiary/aromatic N) is 1. The minimum atomic E-state index is -0.470. The normalized spacial score (nSPS) is 10.7. The zero-order valence-corrected chi connectivity index (χ0v) is 12.4. The Morgan fingerprint density at radius 2 is 2.00 bits per heavy atom. The summed E-state index contributed by atoms with van der Waals surface area (Å²) < 4.78 is 14.7. The Balaban J connectivity index is 2.48. The van der Waals surface area contributed by atoms with Gasteiger partial charge >= 0.3 is 11.9 Å². The zero-order chi connectivity index (χ0) is 15.1. The molecule has 20 heavy (non-hydrogen) atoms. The molecule has 6 heteroatoms. The number of methoxy groups -OCH3 is 2. The summed E-state index contributed by atoms with van der Waals surface area (Å²) in [5, 5.41) is 0. The van der Waals surface area contributed by atoms with E-state index in [0.29, 0.717) is 25.1 Å². The highest BCUT2D eigenvalue weighted by atomic mass is 16.5. The molecule has 0 unspecified atom stereocenters. The molecule has 0 atom stereocenters. The Morgan fingerprint density at radius 1 is 1.30 bits per heavy atom. The monoisotopic (exact) mass is 283 g/mol. The fourth-order valence-electron chi connectivity index (χ4n) is 1.86. The summed E-state index contributed by atoms with van der Waals surface area (Å²) in [4.78, 5) is 24.4. The van der Waals surface area contributed by atoms with Crippen LogP contribution in [0.5, 0.6) is 0 Å². The molecule has 1 heterocycles. The van der Waals surface area contributed by atoms with E-state index in [-0.39, 0.29) is 11.7 Å². The van der Waals surface area contributed by atoms with E-state index in [0.717, 1.165) is 12.1 Å². The number of esters is 2. The number of aryl methyl sites for hydroxylation is 1. The summed E-state index contributed by atoms with van der Waals surface area (Å²) >= 11 is 0. The van der Waals surface area contributed by atoms with Gasteiger partial charge < -0.3 is 13.9 Å². The van der Waals surface area contributed by atoms with E-state index in [2.05, 4.69) is 9.47 Å². The number of furan rings is 1. The van der Waals surface area contributed by atoms with Crippen molar-refractivity contribution < 1.29 is 23.5 Å². The predicted octanol–water partition coefficient (Wildman–Crippen LogP) is 1.76. The van der Waals surface area contributed by atoms with Crippen LogP contribution in [0.4, 0.5) is 0 Å². The molecule has 0 aliphatic carbocycles. The van der Waals surface area contributed by atoms with Gasteiger partial charge in [-0.1, -0.05) is 0 Å². The fraction of sp³-hybridized carbons (Fsp3) is 0.571. The molecule has 112 valence electrons. The van der Waals surface area contributed by atoms with Gasteiger partial charge in [0.15, 0.2) is 0 Å². The first kappa shape index (κ1) is 16.2. The molecule has 0 bridgehead atoms. The zero-order valence-electron chi connectivity index (χ0n) is 12.4. The van der Waals surface area contributed by atoms with Crippen molar-refractivity contribution in [1.82, 2.24) is 4.90 Å². The van der Waals surface area contributed by atoms with E-state index in [1.54, 1.807) is 6.92 Å². The number of hydrogen-bond acceptors (Lipinski definition) is 6. The van der Waals surface area contributed by atoms with E-state index >= 15 is 0 Å². The second-order valence-electron chi connectivity index (χ2n) is 4.63. The average Bonchev–Trinajstić information content (AvgIpc) is 2.78. The minimum absolute atomic E-state index is 0.208. The minimum Gasteiger partial charge on any atom is -0.469 e. The molecule has 0 amide bonds. The number of carbonyl (C=O) groups is 2. The molecule has 0 N–H and O–H groups in total. The van der Waals surface area contributed by atoms with Gasteiger partial charge in [-0.15, -0.1) is 0 Å². The molecule has 0 aliphatic heterocycles. The van der Waals surface area contributed by atoms with Crippen LogP contribution in [0, 0.1) is 6.92 Å². The maximum absolute atomic E-state index is 11.4. The number of hydrogen-bond donors (Lipinski definition) is 0. The summed E-state index contributed by atoms with van der Waals surface area (Å²) in [6.45, 7) is 3.11. The summed E-state index contributed by atoms with van der Waals surface area (Å²) in [6.07, 6.45) is 1.11. The van der Waals surface area contributed by atoms with Gasteiger partial charge in [0.2, 0.25) is 5.76 Å². The van der Waals surface area contributed by atoms with Crippen molar-refractivity contribution in [2.24, 2.45) is 0 Å². The van der Waals surface area contributed by atoms with Gasteiger partial charge in [0.1, 0.15) is 5.76 Å². The lowest BCUT2D eigenvalue weighted by Crippen LogP contribution is -2.19. The second kappa shape index (κ2) is 7.69. The summed E-state index contributed by atoms with van der Waals surface area (Å²) in [5.74, 6) is 0.260. The molecule has 6 nitrogen and oxygen atoms in total. The lowest BCUT2D eigenvalue weighted by atomic mass is 10.2. The lowest BCUT2D eigenvalue weighted by Gasteiger charge is -2.14. The van der Waals surface area contributed by atoms with Crippen molar-refractivity contribution in [2.75, 3.05) is 27.8 Å². The largest absolute Gasteiger partial charge is 0.469 e. The Bertz CT molecular complexity index is 466. The molecule has 0 radical (unpaired) electrons. The topological polar surface area (TPSA) is 69.0 Å². The first-order chi connectivity index (χ1) is 9.47. The third-order valence-electron chi connectivity index (χ3n) is 2.91. The van der Waals surface area contributed by atoms with Crippen molar-refractivity contribution in [3.63, 3.8) is 0 Å². The third-order valence-corrected chi connectivity index (χ3v) is 2.91. The molecule has 1 rings (SSSR count). The summed E-state index contributed by atoms with van der Waals surface area (Å²) in [7, 11) is 4.63. The van der Waals surface area contributed by atoms with Crippen LogP contribution >= 0.6 is 0 Å². The van der Waals surface area contributed by atoms with E-state index in [1.807, 2.05) is 18.0 Å². The van der Waals surface area contributed by atoms with E-state index < -0.39 is 5.97 Å². The highest BCUT2D eigenvalue weighted by molar-refractivity contribution is 5.87. The Hall–Kier alpha value is -1.82. The van der Waals surface area contributed by atoms with Crippen LogP contribution in [0.25, 0.3) is 0 Å². The summed E-state index contributed by atoms with van der Waals surface area (Å²) in [6, 6.07) is 1.82. The Morgan fingerprint density at radius 3 is 2.60 bits per heavy atom. The molecule has 0 fully saturated rings. The fourth-order valence-corrected chi connectivity index (χ4v) is 1.86.